The maximum absolute atomic E-state index is 14.2. The lowest BCUT2D eigenvalue weighted by atomic mass is 10.1. The summed E-state index contributed by atoms with van der Waals surface area (Å²) in [6.07, 6.45) is 0.887. The van der Waals surface area contributed by atoms with E-state index in [2.05, 4.69) is 26.0 Å². The third-order valence-electron chi connectivity index (χ3n) is 6.33. The van der Waals surface area contributed by atoms with Gasteiger partial charge in [0, 0.05) is 49.5 Å². The molecule has 238 valence electrons. The predicted octanol–water partition coefficient (Wildman–Crippen LogP) is 4.00. The lowest BCUT2D eigenvalue weighted by Gasteiger charge is -2.18. The van der Waals surface area contributed by atoms with Crippen LogP contribution < -0.4 is 27.2 Å². The molecule has 0 fully saturated rings. The second-order valence-electron chi connectivity index (χ2n) is 9.72. The van der Waals surface area contributed by atoms with Crippen molar-refractivity contribution in [2.24, 2.45) is 0 Å². The summed E-state index contributed by atoms with van der Waals surface area (Å²) in [5, 5.41) is 12.6. The highest BCUT2D eigenvalue weighted by atomic mass is 19.4. The quantitative estimate of drug-likeness (QED) is 0.175. The van der Waals surface area contributed by atoms with Gasteiger partial charge in [-0.25, -0.2) is 9.47 Å². The van der Waals surface area contributed by atoms with Crippen molar-refractivity contribution < 1.29 is 32.7 Å². The number of benzene rings is 2. The molecule has 13 nitrogen and oxygen atoms in total. The summed E-state index contributed by atoms with van der Waals surface area (Å²) in [6.45, 7) is 2.74. The maximum atomic E-state index is 14.2. The molecule has 5 N–H and O–H groups in total. The Morgan fingerprint density at radius 2 is 1.70 bits per heavy atom. The number of aromatic amines is 1. The molecule has 0 radical (unpaired) electrons. The number of hydrogen-bond acceptors (Lipinski definition) is 6. The highest BCUT2D eigenvalue weighted by molar-refractivity contribution is 6.01. The van der Waals surface area contributed by atoms with E-state index in [9.17, 15) is 32.3 Å². The first-order valence-corrected chi connectivity index (χ1v) is 13.3. The third-order valence-corrected chi connectivity index (χ3v) is 6.33. The van der Waals surface area contributed by atoms with Crippen molar-refractivity contribution in [3.05, 3.63) is 122 Å². The number of fused-ring (bicyclic) bond motifs is 1. The summed E-state index contributed by atoms with van der Waals surface area (Å²) in [6, 6.07) is 12.4. The molecular weight excluding hydrogens is 611 g/mol. The van der Waals surface area contributed by atoms with E-state index in [4.69, 9.17) is 9.90 Å². The SMILES string of the molecule is CC(=O)O.Cc1ccccc1C(=O)Nn1c(=O)c(=O)[nH]c2cc(C(F)(F)F)c(-n3ccc(CNC(=O)Nc4ccncc4)c3)cc21. The van der Waals surface area contributed by atoms with E-state index in [1.807, 2.05) is 0 Å². The lowest BCUT2D eigenvalue weighted by molar-refractivity contribution is -0.137. The molecule has 0 spiro atoms. The molecule has 3 amide bonds. The highest BCUT2D eigenvalue weighted by Crippen LogP contribution is 2.36. The van der Waals surface area contributed by atoms with Crippen LogP contribution in [0.1, 0.15) is 34.0 Å². The van der Waals surface area contributed by atoms with Crippen molar-refractivity contribution >= 4 is 34.6 Å². The van der Waals surface area contributed by atoms with Gasteiger partial charge in [0.15, 0.2) is 0 Å². The normalized spacial score (nSPS) is 10.9. The van der Waals surface area contributed by atoms with Crippen molar-refractivity contribution in [1.82, 2.24) is 24.5 Å². The van der Waals surface area contributed by atoms with Crippen LogP contribution in [0.3, 0.4) is 0 Å². The van der Waals surface area contributed by atoms with Crippen LogP contribution in [0.5, 0.6) is 0 Å². The number of aromatic nitrogens is 4. The number of H-pyrrole nitrogens is 1. The van der Waals surface area contributed by atoms with Gasteiger partial charge in [-0.05, 0) is 54.4 Å². The number of carboxylic acid groups (broad SMARTS) is 1. The fourth-order valence-corrected chi connectivity index (χ4v) is 4.28. The molecule has 5 rings (SSSR count). The number of aliphatic carboxylic acids is 1. The van der Waals surface area contributed by atoms with E-state index in [-0.39, 0.29) is 28.8 Å². The van der Waals surface area contributed by atoms with Gasteiger partial charge >= 0.3 is 23.3 Å². The third kappa shape index (κ3) is 7.85. The molecule has 3 heterocycles. The van der Waals surface area contributed by atoms with Crippen LogP contribution in [-0.4, -0.2) is 42.2 Å². The number of carbonyl (C=O) groups excluding carboxylic acids is 2. The van der Waals surface area contributed by atoms with E-state index in [0.29, 0.717) is 27.6 Å². The van der Waals surface area contributed by atoms with Crippen LogP contribution in [0, 0.1) is 6.92 Å². The van der Waals surface area contributed by atoms with Gasteiger partial charge in [0.2, 0.25) is 0 Å². The molecule has 0 atom stereocenters. The van der Waals surface area contributed by atoms with Gasteiger partial charge in [0.05, 0.1) is 22.3 Å². The molecule has 0 aliphatic rings. The molecule has 0 bridgehead atoms. The summed E-state index contributed by atoms with van der Waals surface area (Å²) < 4.78 is 44.3. The molecule has 0 aliphatic carbocycles. The van der Waals surface area contributed by atoms with Gasteiger partial charge in [-0.2, -0.15) is 13.2 Å². The summed E-state index contributed by atoms with van der Waals surface area (Å²) in [7, 11) is 0. The first-order valence-electron chi connectivity index (χ1n) is 13.3. The number of carbonyl (C=O) groups is 3. The Kier molecular flexibility index (Phi) is 9.69. The summed E-state index contributed by atoms with van der Waals surface area (Å²) in [5.74, 6) is -1.57. The fourth-order valence-electron chi connectivity index (χ4n) is 4.28. The van der Waals surface area contributed by atoms with Crippen LogP contribution in [0.2, 0.25) is 0 Å². The number of alkyl halides is 3. The van der Waals surface area contributed by atoms with Gasteiger partial charge in [0.1, 0.15) is 0 Å². The van der Waals surface area contributed by atoms with Gasteiger partial charge in [-0.3, -0.25) is 29.6 Å². The summed E-state index contributed by atoms with van der Waals surface area (Å²) in [4.78, 5) is 65.3. The number of amides is 3. The van der Waals surface area contributed by atoms with Gasteiger partial charge in [-0.15, -0.1) is 0 Å². The Morgan fingerprint density at radius 3 is 2.35 bits per heavy atom. The number of nitrogens with one attached hydrogen (secondary N) is 4. The highest BCUT2D eigenvalue weighted by Gasteiger charge is 2.35. The molecule has 5 aromatic rings. The van der Waals surface area contributed by atoms with E-state index in [0.717, 1.165) is 13.0 Å². The Balaban J connectivity index is 0.00000113. The monoisotopic (exact) mass is 637 g/mol. The number of anilines is 1. The average molecular weight is 638 g/mol. The second-order valence-corrected chi connectivity index (χ2v) is 9.72. The predicted molar refractivity (Wildman–Crippen MR) is 161 cm³/mol. The smallest absolute Gasteiger partial charge is 0.418 e. The van der Waals surface area contributed by atoms with Gasteiger partial charge in [0.25, 0.3) is 11.9 Å². The van der Waals surface area contributed by atoms with Crippen LogP contribution in [0.15, 0.2) is 89.0 Å². The van der Waals surface area contributed by atoms with Crippen LogP contribution in [0.4, 0.5) is 23.7 Å². The zero-order chi connectivity index (χ0) is 33.6. The van der Waals surface area contributed by atoms with Gasteiger partial charge < -0.3 is 25.3 Å². The zero-order valence-electron chi connectivity index (χ0n) is 24.2. The van der Waals surface area contributed by atoms with E-state index in [1.165, 1.54) is 41.5 Å². The first kappa shape index (κ1) is 32.7. The minimum absolute atomic E-state index is 0.0106. The van der Waals surface area contributed by atoms with Crippen molar-refractivity contribution in [2.75, 3.05) is 10.7 Å². The second kappa shape index (κ2) is 13.6. The largest absolute Gasteiger partial charge is 0.481 e. The number of nitrogens with zero attached hydrogens (tertiary/aromatic N) is 3. The molecule has 3 aromatic heterocycles. The van der Waals surface area contributed by atoms with Crippen LogP contribution in [0.25, 0.3) is 16.7 Å². The standard InChI is InChI=1S/C28H22F3N7O4.C2H4O2/c1-16-4-2-3-5-19(16)24(39)36-38-23-13-22(20(28(29,30)31)12-21(23)35-25(40)26(38)41)37-11-8-17(15-37)14-33-27(42)34-18-6-9-32-10-7-18;1-2(3)4/h2-13,15H,14H2,1H3,(H,35,40)(H,36,39)(H2,32,33,34,42);1H3,(H,3,4). The van der Waals surface area contributed by atoms with E-state index >= 15 is 0 Å². The van der Waals surface area contributed by atoms with Crippen LogP contribution >= 0.6 is 0 Å². The number of halogens is 3. The molecule has 2 aromatic carbocycles. The number of pyridine rings is 1. The first-order chi connectivity index (χ1) is 21.7. The number of aryl methyl sites for hydroxylation is 1. The number of urea groups is 1. The Bertz CT molecular complexity index is 2030. The average Bonchev–Trinajstić information content (AvgIpc) is 3.47. The maximum Gasteiger partial charge on any atom is 0.418 e. The van der Waals surface area contributed by atoms with E-state index in [1.54, 1.807) is 37.3 Å². The minimum atomic E-state index is -4.85. The summed E-state index contributed by atoms with van der Waals surface area (Å²) >= 11 is 0. The molecule has 0 aliphatic heterocycles. The molecule has 46 heavy (non-hydrogen) atoms. The zero-order valence-corrected chi connectivity index (χ0v) is 24.2. The Labute approximate surface area is 257 Å². The van der Waals surface area contributed by atoms with Gasteiger partial charge in [-0.1, -0.05) is 18.2 Å². The van der Waals surface area contributed by atoms with Crippen LogP contribution in [-0.2, 0) is 17.5 Å². The molecular formula is C30H26F3N7O6. The topological polar surface area (TPSA) is 180 Å². The Morgan fingerprint density at radius 1 is 1.02 bits per heavy atom. The van der Waals surface area contributed by atoms with Crippen molar-refractivity contribution in [3.8, 4) is 5.69 Å². The number of hydrogen-bond donors (Lipinski definition) is 5. The lowest BCUT2D eigenvalue weighted by Crippen LogP contribution is -2.42. The molecule has 16 heteroatoms. The van der Waals surface area contributed by atoms with Crippen molar-refractivity contribution in [3.63, 3.8) is 0 Å². The fraction of sp³-hybridized carbons (Fsp3) is 0.133. The Hall–Kier alpha value is -6.19. The minimum Gasteiger partial charge on any atom is -0.481 e. The molecule has 0 saturated carbocycles. The van der Waals surface area contributed by atoms with Crippen molar-refractivity contribution in [2.45, 2.75) is 26.6 Å². The molecule has 0 unspecified atom stereocenters. The van der Waals surface area contributed by atoms with E-state index < -0.39 is 40.8 Å². The number of rotatable bonds is 6. The molecule has 0 saturated heterocycles. The van der Waals surface area contributed by atoms with Crippen molar-refractivity contribution in [1.29, 1.82) is 0 Å². The summed E-state index contributed by atoms with van der Waals surface area (Å²) in [5.41, 5.74) is -0.267. The number of carboxylic acids is 1.